The Morgan fingerprint density at radius 2 is 1.83 bits per heavy atom. The van der Waals surface area contributed by atoms with E-state index < -0.39 is 52.0 Å². The molecule has 8 heteroatoms. The van der Waals surface area contributed by atoms with Crippen molar-refractivity contribution in [1.29, 1.82) is 0 Å². The van der Waals surface area contributed by atoms with Crippen LogP contribution in [0.1, 0.15) is 60.3 Å². The molecule has 0 aliphatic heterocycles. The van der Waals surface area contributed by atoms with Crippen LogP contribution in [0.5, 0.6) is 0 Å². The van der Waals surface area contributed by atoms with Gasteiger partial charge in [-0.3, -0.25) is 19.2 Å². The van der Waals surface area contributed by atoms with Gasteiger partial charge in [-0.25, -0.2) is 4.39 Å². The monoisotopic (exact) mass is 490 g/mol. The van der Waals surface area contributed by atoms with Crippen LogP contribution < -0.4 is 0 Å². The molecule has 0 aromatic rings. The molecule has 0 bridgehead atoms. The van der Waals surface area contributed by atoms with E-state index >= 15 is 4.39 Å². The van der Waals surface area contributed by atoms with E-state index in [1.54, 1.807) is 13.0 Å². The molecule has 2 unspecified atom stereocenters. The van der Waals surface area contributed by atoms with E-state index in [9.17, 15) is 19.2 Å². The third-order valence-corrected chi connectivity index (χ3v) is 9.46. The van der Waals surface area contributed by atoms with E-state index in [4.69, 9.17) is 14.2 Å². The van der Waals surface area contributed by atoms with Crippen LogP contribution in [0.2, 0.25) is 0 Å². The zero-order valence-corrected chi connectivity index (χ0v) is 21.3. The maximum Gasteiger partial charge on any atom is 0.303 e. The molecule has 0 spiro atoms. The number of Topliss-reactive ketones (excluding diaryl/α,β-unsaturated/α-hetero) is 1. The lowest BCUT2D eigenvalue weighted by molar-refractivity contribution is -0.235. The van der Waals surface area contributed by atoms with Gasteiger partial charge in [-0.05, 0) is 50.7 Å². The maximum atomic E-state index is 17.8. The minimum atomic E-state index is -2.00. The van der Waals surface area contributed by atoms with E-state index in [0.717, 1.165) is 0 Å². The lowest BCUT2D eigenvalue weighted by Gasteiger charge is -2.63. The summed E-state index contributed by atoms with van der Waals surface area (Å²) in [6, 6.07) is 0. The number of hydrogen-bond donors (Lipinski definition) is 0. The summed E-state index contributed by atoms with van der Waals surface area (Å²) in [5, 5.41) is 0. The Morgan fingerprint density at radius 3 is 2.43 bits per heavy atom. The molecule has 0 amide bonds. The van der Waals surface area contributed by atoms with Crippen molar-refractivity contribution in [2.45, 2.75) is 77.7 Å². The highest BCUT2D eigenvalue weighted by Gasteiger charge is 2.78. The third-order valence-electron chi connectivity index (χ3n) is 9.46. The average molecular weight is 491 g/mol. The van der Waals surface area contributed by atoms with E-state index in [2.05, 4.69) is 0 Å². The van der Waals surface area contributed by atoms with Crippen LogP contribution >= 0.6 is 0 Å². The Balaban J connectivity index is 1.92. The Kier molecular flexibility index (Phi) is 6.14. The Hall–Kier alpha value is -2.35. The summed E-state index contributed by atoms with van der Waals surface area (Å²) in [6.45, 7) is 7.73. The number of methoxy groups -OCH3 is 1. The highest BCUT2D eigenvalue weighted by molar-refractivity contribution is 6.01. The number of carbonyl (C=O) groups excluding carboxylic acids is 4. The molecule has 0 N–H and O–H groups in total. The number of rotatable bonds is 5. The first-order chi connectivity index (χ1) is 16.3. The van der Waals surface area contributed by atoms with E-state index in [-0.39, 0.29) is 30.5 Å². The lowest BCUT2D eigenvalue weighted by Crippen LogP contribution is -2.70. The van der Waals surface area contributed by atoms with Crippen molar-refractivity contribution in [3.8, 4) is 0 Å². The van der Waals surface area contributed by atoms with Gasteiger partial charge >= 0.3 is 11.9 Å². The van der Waals surface area contributed by atoms with Crippen LogP contribution in [0.3, 0.4) is 0 Å². The fourth-order valence-electron chi connectivity index (χ4n) is 8.16. The Labute approximate surface area is 205 Å². The second kappa shape index (κ2) is 8.36. The SMILES string of the molecule is COCC(=O)[C@@]1(OC(C)=O)C(C)C[C@H]2[C@@H]3CCC4=CC(=O)C=C[C@]4(C)[C@@]3(F)C(OC(C)=O)C[C@@]21C. The fraction of sp³-hybridized carbons (Fsp3) is 0.704. The van der Waals surface area contributed by atoms with E-state index in [0.29, 0.717) is 24.8 Å². The summed E-state index contributed by atoms with van der Waals surface area (Å²) < 4.78 is 34.6. The topological polar surface area (TPSA) is 96.0 Å². The molecule has 0 heterocycles. The molecule has 35 heavy (non-hydrogen) atoms. The molecule has 0 aromatic heterocycles. The maximum absolute atomic E-state index is 17.8. The van der Waals surface area contributed by atoms with Gasteiger partial charge in [0.15, 0.2) is 17.1 Å². The van der Waals surface area contributed by atoms with Crippen molar-refractivity contribution in [1.82, 2.24) is 0 Å². The molecule has 0 saturated heterocycles. The molecule has 7 nitrogen and oxygen atoms in total. The number of carbonyl (C=O) groups is 4. The average Bonchev–Trinajstić information content (AvgIpc) is 2.97. The summed E-state index contributed by atoms with van der Waals surface area (Å²) in [4.78, 5) is 50.3. The number of allylic oxidation sites excluding steroid dienone is 4. The second-order valence-corrected chi connectivity index (χ2v) is 11.2. The molecule has 4 rings (SSSR count). The summed E-state index contributed by atoms with van der Waals surface area (Å²) in [5.41, 5.74) is -4.97. The van der Waals surface area contributed by atoms with Gasteiger partial charge < -0.3 is 14.2 Å². The predicted molar refractivity (Wildman–Crippen MR) is 124 cm³/mol. The van der Waals surface area contributed by atoms with Crippen molar-refractivity contribution in [3.63, 3.8) is 0 Å². The van der Waals surface area contributed by atoms with Gasteiger partial charge in [-0.2, -0.15) is 0 Å². The summed E-state index contributed by atoms with van der Waals surface area (Å²) >= 11 is 0. The highest BCUT2D eigenvalue weighted by atomic mass is 19.1. The van der Waals surface area contributed by atoms with Crippen molar-refractivity contribution in [2.24, 2.45) is 28.6 Å². The molecule has 4 aliphatic rings. The van der Waals surface area contributed by atoms with Gasteiger partial charge in [-0.1, -0.05) is 25.5 Å². The van der Waals surface area contributed by atoms with Gasteiger partial charge in [0.2, 0.25) is 5.78 Å². The fourth-order valence-corrected chi connectivity index (χ4v) is 8.16. The minimum Gasteiger partial charge on any atom is -0.459 e. The van der Waals surface area contributed by atoms with Gasteiger partial charge in [-0.15, -0.1) is 0 Å². The van der Waals surface area contributed by atoms with Crippen LogP contribution in [0.15, 0.2) is 23.8 Å². The zero-order chi connectivity index (χ0) is 26.0. The standard InChI is InChI=1S/C27H35FO7/c1-15-11-21-20-8-7-18-12-19(31)9-10-24(18,4)26(20,28)23(34-16(2)29)13-25(21,5)27(15,35-17(3)30)22(32)14-33-6/h9-10,12,15,20-21,23H,7-8,11,13-14H2,1-6H3/t15?,20-,21-,23?,24-,25-,26-,27-/m0/s1. The molecule has 0 aromatic carbocycles. The number of ether oxygens (including phenoxy) is 3. The number of ketones is 2. The number of esters is 2. The first-order valence-corrected chi connectivity index (χ1v) is 12.3. The molecule has 3 saturated carbocycles. The summed E-state index contributed by atoms with van der Waals surface area (Å²) in [7, 11) is 1.40. The molecule has 192 valence electrons. The highest BCUT2D eigenvalue weighted by Crippen LogP contribution is 2.71. The van der Waals surface area contributed by atoms with Crippen LogP contribution in [0, 0.1) is 28.6 Å². The summed E-state index contributed by atoms with van der Waals surface area (Å²) in [6.07, 6.45) is 4.72. The first-order valence-electron chi connectivity index (χ1n) is 12.3. The largest absolute Gasteiger partial charge is 0.459 e. The Morgan fingerprint density at radius 1 is 1.14 bits per heavy atom. The van der Waals surface area contributed by atoms with Gasteiger partial charge in [0.25, 0.3) is 0 Å². The van der Waals surface area contributed by atoms with Crippen LogP contribution in [-0.4, -0.2) is 54.6 Å². The van der Waals surface area contributed by atoms with Crippen LogP contribution in [0.4, 0.5) is 4.39 Å². The van der Waals surface area contributed by atoms with E-state index in [1.165, 1.54) is 33.1 Å². The third kappa shape index (κ3) is 3.31. The van der Waals surface area contributed by atoms with Crippen molar-refractivity contribution >= 4 is 23.5 Å². The van der Waals surface area contributed by atoms with Crippen LogP contribution in [0.25, 0.3) is 0 Å². The molecule has 4 aliphatic carbocycles. The summed E-state index contributed by atoms with van der Waals surface area (Å²) in [5.74, 6) is -3.07. The van der Waals surface area contributed by atoms with Crippen LogP contribution in [-0.2, 0) is 33.4 Å². The zero-order valence-electron chi connectivity index (χ0n) is 21.3. The molecule has 3 fully saturated rings. The molecule has 8 atom stereocenters. The lowest BCUT2D eigenvalue weighted by atomic mass is 9.44. The van der Waals surface area contributed by atoms with E-state index in [1.807, 2.05) is 13.8 Å². The molecular formula is C27H35FO7. The minimum absolute atomic E-state index is 0.00196. The predicted octanol–water partition coefficient (Wildman–Crippen LogP) is 3.69. The van der Waals surface area contributed by atoms with Crippen molar-refractivity contribution in [3.05, 3.63) is 23.8 Å². The molecular weight excluding hydrogens is 455 g/mol. The number of fused-ring (bicyclic) bond motifs is 5. The Bertz CT molecular complexity index is 1030. The number of alkyl halides is 1. The van der Waals surface area contributed by atoms with Gasteiger partial charge in [0, 0.05) is 43.6 Å². The molecule has 0 radical (unpaired) electrons. The second-order valence-electron chi connectivity index (χ2n) is 11.2. The van der Waals surface area contributed by atoms with Gasteiger partial charge in [0.05, 0.1) is 0 Å². The first kappa shape index (κ1) is 25.7. The van der Waals surface area contributed by atoms with Crippen molar-refractivity contribution in [2.75, 3.05) is 13.7 Å². The quantitative estimate of drug-likeness (QED) is 0.542. The van der Waals surface area contributed by atoms with Gasteiger partial charge in [0.1, 0.15) is 12.7 Å². The number of hydrogen-bond acceptors (Lipinski definition) is 7. The number of halogens is 1. The smallest absolute Gasteiger partial charge is 0.303 e. The normalized spacial score (nSPS) is 44.0. The van der Waals surface area contributed by atoms with Crippen molar-refractivity contribution < 1.29 is 37.8 Å².